The lowest BCUT2D eigenvalue weighted by molar-refractivity contribution is -0.154. The Balaban J connectivity index is 2.07. The predicted molar refractivity (Wildman–Crippen MR) is 91.8 cm³/mol. The van der Waals surface area contributed by atoms with Gasteiger partial charge in [-0.1, -0.05) is 30.3 Å². The number of methoxy groups -OCH3 is 1. The molecule has 0 aromatic heterocycles. The first kappa shape index (κ1) is 19.0. The molecule has 0 atom stereocenters. The van der Waals surface area contributed by atoms with Crippen LogP contribution in [0.5, 0.6) is 0 Å². The summed E-state index contributed by atoms with van der Waals surface area (Å²) in [5, 5.41) is 0. The number of likely N-dealkylation sites (tertiary alicyclic amines) is 1. The summed E-state index contributed by atoms with van der Waals surface area (Å²) in [6.07, 6.45) is 1.23. The lowest BCUT2D eigenvalue weighted by Gasteiger charge is -2.40. The Morgan fingerprint density at radius 3 is 2.28 bits per heavy atom. The van der Waals surface area contributed by atoms with Crippen LogP contribution in [0, 0.1) is 0 Å². The number of carbonyl (C=O) groups is 3. The number of benzene rings is 1. The standard InChI is InChI=1S/C19H25NO5/c1-3-25-18(23)19(15-7-5-4-6-8-15)11-13-20(14-12-19)16(21)9-10-17(22)24-2/h4-8H,3,9-14H2,1-2H3. The molecule has 6 nitrogen and oxygen atoms in total. The van der Waals surface area contributed by atoms with Crippen LogP contribution in [-0.4, -0.2) is 49.6 Å². The van der Waals surface area contributed by atoms with Gasteiger partial charge < -0.3 is 14.4 Å². The number of piperidine rings is 1. The van der Waals surface area contributed by atoms with Crippen LogP contribution < -0.4 is 0 Å². The van der Waals surface area contributed by atoms with Crippen molar-refractivity contribution in [1.29, 1.82) is 0 Å². The number of esters is 2. The summed E-state index contributed by atoms with van der Waals surface area (Å²) in [5.74, 6) is -0.714. The zero-order valence-corrected chi connectivity index (χ0v) is 14.8. The van der Waals surface area contributed by atoms with Crippen LogP contribution in [0.2, 0.25) is 0 Å². The molecule has 1 aromatic rings. The summed E-state index contributed by atoms with van der Waals surface area (Å²) >= 11 is 0. The van der Waals surface area contributed by atoms with Gasteiger partial charge >= 0.3 is 11.9 Å². The summed E-state index contributed by atoms with van der Waals surface area (Å²) in [5.41, 5.74) is 0.214. The van der Waals surface area contributed by atoms with Crippen molar-refractivity contribution in [2.75, 3.05) is 26.8 Å². The van der Waals surface area contributed by atoms with Crippen LogP contribution in [-0.2, 0) is 29.3 Å². The smallest absolute Gasteiger partial charge is 0.316 e. The van der Waals surface area contributed by atoms with Crippen molar-refractivity contribution in [3.8, 4) is 0 Å². The Hall–Kier alpha value is -2.37. The second-order valence-electron chi connectivity index (χ2n) is 6.13. The van der Waals surface area contributed by atoms with Crippen molar-refractivity contribution >= 4 is 17.8 Å². The van der Waals surface area contributed by atoms with E-state index in [4.69, 9.17) is 4.74 Å². The molecule has 0 N–H and O–H groups in total. The molecule has 1 saturated heterocycles. The van der Waals surface area contributed by atoms with Crippen LogP contribution in [0.15, 0.2) is 30.3 Å². The molecular weight excluding hydrogens is 322 g/mol. The molecule has 0 aliphatic carbocycles. The van der Waals surface area contributed by atoms with Crippen molar-refractivity contribution < 1.29 is 23.9 Å². The van der Waals surface area contributed by atoms with E-state index in [2.05, 4.69) is 4.74 Å². The maximum Gasteiger partial charge on any atom is 0.316 e. The lowest BCUT2D eigenvalue weighted by Crippen LogP contribution is -2.49. The first-order valence-corrected chi connectivity index (χ1v) is 8.61. The van der Waals surface area contributed by atoms with Crippen molar-refractivity contribution in [3.05, 3.63) is 35.9 Å². The maximum absolute atomic E-state index is 12.7. The van der Waals surface area contributed by atoms with Crippen LogP contribution in [0.4, 0.5) is 0 Å². The van der Waals surface area contributed by atoms with E-state index in [1.165, 1.54) is 7.11 Å². The molecule has 25 heavy (non-hydrogen) atoms. The third kappa shape index (κ3) is 4.38. The predicted octanol–water partition coefficient (Wildman–Crippen LogP) is 2.06. The Morgan fingerprint density at radius 2 is 1.72 bits per heavy atom. The van der Waals surface area contributed by atoms with Gasteiger partial charge in [0.2, 0.25) is 5.91 Å². The molecule has 0 unspecified atom stereocenters. The molecule has 0 spiro atoms. The Morgan fingerprint density at radius 1 is 1.08 bits per heavy atom. The monoisotopic (exact) mass is 347 g/mol. The van der Waals surface area contributed by atoms with Crippen molar-refractivity contribution in [2.45, 2.75) is 38.0 Å². The molecular formula is C19H25NO5. The van der Waals surface area contributed by atoms with Gasteiger partial charge in [0.25, 0.3) is 0 Å². The molecule has 2 rings (SSSR count). The van der Waals surface area contributed by atoms with Gasteiger partial charge in [0.05, 0.1) is 25.6 Å². The SMILES string of the molecule is CCOC(=O)C1(c2ccccc2)CCN(C(=O)CCC(=O)OC)CC1. The second-order valence-corrected chi connectivity index (χ2v) is 6.13. The molecule has 0 saturated carbocycles. The van der Waals surface area contributed by atoms with Crippen molar-refractivity contribution in [2.24, 2.45) is 0 Å². The van der Waals surface area contributed by atoms with Gasteiger partial charge in [0, 0.05) is 19.5 Å². The van der Waals surface area contributed by atoms with Gasteiger partial charge in [0.15, 0.2) is 0 Å². The maximum atomic E-state index is 12.7. The van der Waals surface area contributed by atoms with E-state index in [1.807, 2.05) is 30.3 Å². The number of ether oxygens (including phenoxy) is 2. The minimum Gasteiger partial charge on any atom is -0.469 e. The number of amides is 1. The quantitative estimate of drug-likeness (QED) is 0.737. The van der Waals surface area contributed by atoms with Crippen LogP contribution in [0.25, 0.3) is 0 Å². The second kappa shape index (κ2) is 8.65. The van der Waals surface area contributed by atoms with E-state index in [-0.39, 0.29) is 24.7 Å². The molecule has 0 radical (unpaired) electrons. The Labute approximate surface area is 148 Å². The van der Waals surface area contributed by atoms with E-state index in [9.17, 15) is 14.4 Å². The summed E-state index contributed by atoms with van der Waals surface area (Å²) in [7, 11) is 1.31. The first-order chi connectivity index (χ1) is 12.0. The highest BCUT2D eigenvalue weighted by atomic mass is 16.5. The number of hydrogen-bond donors (Lipinski definition) is 0. The summed E-state index contributed by atoms with van der Waals surface area (Å²) in [6, 6.07) is 9.60. The fourth-order valence-electron chi connectivity index (χ4n) is 3.24. The highest BCUT2D eigenvalue weighted by Gasteiger charge is 2.44. The summed E-state index contributed by atoms with van der Waals surface area (Å²) in [6.45, 7) is 3.05. The minimum atomic E-state index is -0.712. The van der Waals surface area contributed by atoms with E-state index in [0.29, 0.717) is 32.5 Å². The number of carbonyl (C=O) groups excluding carboxylic acids is 3. The Bertz CT molecular complexity index is 606. The third-order valence-corrected chi connectivity index (χ3v) is 4.73. The summed E-state index contributed by atoms with van der Waals surface area (Å²) in [4.78, 5) is 37.8. The van der Waals surface area contributed by atoms with E-state index >= 15 is 0 Å². The van der Waals surface area contributed by atoms with Gasteiger partial charge in [-0.3, -0.25) is 14.4 Å². The first-order valence-electron chi connectivity index (χ1n) is 8.61. The van der Waals surface area contributed by atoms with Crippen LogP contribution >= 0.6 is 0 Å². The zero-order chi connectivity index (χ0) is 18.3. The highest BCUT2D eigenvalue weighted by molar-refractivity contribution is 5.85. The average molecular weight is 347 g/mol. The van der Waals surface area contributed by atoms with Gasteiger partial charge in [0.1, 0.15) is 0 Å². The highest BCUT2D eigenvalue weighted by Crippen LogP contribution is 2.37. The zero-order valence-electron chi connectivity index (χ0n) is 14.8. The van der Waals surface area contributed by atoms with Crippen LogP contribution in [0.3, 0.4) is 0 Å². The molecule has 6 heteroatoms. The fourth-order valence-corrected chi connectivity index (χ4v) is 3.24. The lowest BCUT2D eigenvalue weighted by atomic mass is 9.72. The topological polar surface area (TPSA) is 72.9 Å². The number of rotatable bonds is 6. The van der Waals surface area contributed by atoms with Crippen molar-refractivity contribution in [1.82, 2.24) is 4.90 Å². The average Bonchev–Trinajstić information content (AvgIpc) is 2.66. The van der Waals surface area contributed by atoms with Gasteiger partial charge in [-0.15, -0.1) is 0 Å². The van der Waals surface area contributed by atoms with Gasteiger partial charge in [-0.05, 0) is 25.3 Å². The molecule has 1 aromatic carbocycles. The van der Waals surface area contributed by atoms with Crippen molar-refractivity contribution in [3.63, 3.8) is 0 Å². The van der Waals surface area contributed by atoms with E-state index in [0.717, 1.165) is 5.56 Å². The number of hydrogen-bond acceptors (Lipinski definition) is 5. The molecule has 0 bridgehead atoms. The summed E-state index contributed by atoms with van der Waals surface area (Å²) < 4.78 is 9.89. The Kier molecular flexibility index (Phi) is 6.56. The van der Waals surface area contributed by atoms with E-state index in [1.54, 1.807) is 11.8 Å². The normalized spacial score (nSPS) is 16.2. The van der Waals surface area contributed by atoms with Gasteiger partial charge in [-0.2, -0.15) is 0 Å². The van der Waals surface area contributed by atoms with Crippen LogP contribution in [0.1, 0.15) is 38.2 Å². The molecule has 136 valence electrons. The number of nitrogens with zero attached hydrogens (tertiary/aromatic N) is 1. The molecule has 1 aliphatic heterocycles. The molecule has 1 amide bonds. The van der Waals surface area contributed by atoms with E-state index < -0.39 is 11.4 Å². The third-order valence-electron chi connectivity index (χ3n) is 4.73. The van der Waals surface area contributed by atoms with Gasteiger partial charge in [-0.25, -0.2) is 0 Å². The minimum absolute atomic E-state index is 0.0769. The molecule has 1 heterocycles. The molecule has 1 fully saturated rings. The largest absolute Gasteiger partial charge is 0.469 e. The molecule has 1 aliphatic rings. The fraction of sp³-hybridized carbons (Fsp3) is 0.526.